The number of carbonyl (C=O) groups is 1. The van der Waals surface area contributed by atoms with Gasteiger partial charge in [0.05, 0.1) is 0 Å². The molecule has 0 radical (unpaired) electrons. The van der Waals surface area contributed by atoms with Gasteiger partial charge in [0.2, 0.25) is 0 Å². The highest BCUT2D eigenvalue weighted by Crippen LogP contribution is 2.20. The zero-order chi connectivity index (χ0) is 12.3. The molecule has 0 heterocycles. The van der Waals surface area contributed by atoms with Crippen LogP contribution in [0.25, 0.3) is 5.57 Å². The van der Waals surface area contributed by atoms with Gasteiger partial charge in [-0.3, -0.25) is 0 Å². The van der Waals surface area contributed by atoms with Crippen LogP contribution < -0.4 is 0 Å². The second-order valence-corrected chi connectivity index (χ2v) is 3.72. The minimum absolute atomic E-state index is 0.205. The van der Waals surface area contributed by atoms with Gasteiger partial charge in [-0.2, -0.15) is 5.26 Å². The molecule has 0 amide bonds. The van der Waals surface area contributed by atoms with E-state index in [1.165, 1.54) is 0 Å². The molecule has 16 heavy (non-hydrogen) atoms. The van der Waals surface area contributed by atoms with Crippen LogP contribution in [0.5, 0.6) is 0 Å². The van der Waals surface area contributed by atoms with E-state index >= 15 is 0 Å². The molecular formula is C13H13NO2. The van der Waals surface area contributed by atoms with Crippen molar-refractivity contribution in [1.82, 2.24) is 0 Å². The number of carboxylic acid groups (broad SMARTS) is 1. The molecule has 0 aliphatic carbocycles. The number of benzene rings is 1. The van der Waals surface area contributed by atoms with Crippen molar-refractivity contribution in [3.05, 3.63) is 40.5 Å². The van der Waals surface area contributed by atoms with Gasteiger partial charge in [-0.15, -0.1) is 0 Å². The molecule has 0 saturated carbocycles. The molecule has 0 aromatic heterocycles. The normalized spacial score (nSPS) is 11.6. The van der Waals surface area contributed by atoms with Gasteiger partial charge >= 0.3 is 5.97 Å². The van der Waals surface area contributed by atoms with Crippen LogP contribution in [-0.4, -0.2) is 11.1 Å². The van der Waals surface area contributed by atoms with E-state index in [0.29, 0.717) is 5.57 Å². The second kappa shape index (κ2) is 4.63. The van der Waals surface area contributed by atoms with Crippen molar-refractivity contribution in [2.75, 3.05) is 0 Å². The monoisotopic (exact) mass is 215 g/mol. The molecule has 0 fully saturated rings. The number of nitriles is 1. The number of aliphatic carboxylic acids is 1. The minimum Gasteiger partial charge on any atom is -0.477 e. The Balaban J connectivity index is 3.34. The smallest absolute Gasteiger partial charge is 0.346 e. The lowest BCUT2D eigenvalue weighted by atomic mass is 9.98. The maximum atomic E-state index is 10.8. The fourth-order valence-corrected chi connectivity index (χ4v) is 1.41. The Kier molecular flexibility index (Phi) is 3.47. The Morgan fingerprint density at radius 2 is 1.94 bits per heavy atom. The van der Waals surface area contributed by atoms with Crippen molar-refractivity contribution < 1.29 is 9.90 Å². The number of rotatable bonds is 2. The Morgan fingerprint density at radius 1 is 1.31 bits per heavy atom. The summed E-state index contributed by atoms with van der Waals surface area (Å²) in [5.41, 5.74) is 3.30. The molecular weight excluding hydrogens is 202 g/mol. The van der Waals surface area contributed by atoms with E-state index in [9.17, 15) is 4.79 Å². The van der Waals surface area contributed by atoms with Crippen LogP contribution in [0.3, 0.4) is 0 Å². The third kappa shape index (κ3) is 2.29. The van der Waals surface area contributed by atoms with Crippen molar-refractivity contribution in [2.24, 2.45) is 0 Å². The lowest BCUT2D eigenvalue weighted by Crippen LogP contribution is -2.01. The summed E-state index contributed by atoms with van der Waals surface area (Å²) >= 11 is 0. The predicted octanol–water partition coefficient (Wildman–Crippen LogP) is 2.69. The van der Waals surface area contributed by atoms with Crippen molar-refractivity contribution in [3.8, 4) is 6.07 Å². The molecule has 1 rings (SSSR count). The standard InChI is InChI=1S/C13H13NO2/c1-8-4-5-11(6-9(8)2)10(3)12(7-14)13(15)16/h4-6H,1-3H3,(H,15,16)/b12-10+. The second-order valence-electron chi connectivity index (χ2n) is 3.72. The molecule has 0 spiro atoms. The van der Waals surface area contributed by atoms with Crippen molar-refractivity contribution in [2.45, 2.75) is 20.8 Å². The van der Waals surface area contributed by atoms with E-state index in [-0.39, 0.29) is 5.57 Å². The molecule has 0 atom stereocenters. The van der Waals surface area contributed by atoms with Crippen LogP contribution in [0.4, 0.5) is 0 Å². The molecule has 0 saturated heterocycles. The minimum atomic E-state index is -1.18. The summed E-state index contributed by atoms with van der Waals surface area (Å²) in [4.78, 5) is 10.8. The topological polar surface area (TPSA) is 61.1 Å². The van der Waals surface area contributed by atoms with Crippen LogP contribution in [0, 0.1) is 25.2 Å². The zero-order valence-electron chi connectivity index (χ0n) is 9.53. The Labute approximate surface area is 94.6 Å². The summed E-state index contributed by atoms with van der Waals surface area (Å²) in [5.74, 6) is -1.18. The summed E-state index contributed by atoms with van der Waals surface area (Å²) < 4.78 is 0. The summed E-state index contributed by atoms with van der Waals surface area (Å²) in [7, 11) is 0. The molecule has 3 nitrogen and oxygen atoms in total. The first-order valence-electron chi connectivity index (χ1n) is 4.89. The van der Waals surface area contributed by atoms with Gasteiger partial charge in [0, 0.05) is 0 Å². The Hall–Kier alpha value is -2.08. The molecule has 0 aliphatic heterocycles. The average Bonchev–Trinajstić information content (AvgIpc) is 2.22. The van der Waals surface area contributed by atoms with Crippen molar-refractivity contribution >= 4 is 11.5 Å². The summed E-state index contributed by atoms with van der Waals surface area (Å²) in [6.45, 7) is 5.59. The predicted molar refractivity (Wildman–Crippen MR) is 61.8 cm³/mol. The average molecular weight is 215 g/mol. The van der Waals surface area contributed by atoms with Gasteiger partial charge < -0.3 is 5.11 Å². The molecule has 0 aliphatic rings. The Bertz CT molecular complexity index is 507. The number of allylic oxidation sites excluding steroid dienone is 1. The van der Waals surface area contributed by atoms with E-state index < -0.39 is 5.97 Å². The highest BCUT2D eigenvalue weighted by molar-refractivity contribution is 6.00. The summed E-state index contributed by atoms with van der Waals surface area (Å²) in [5, 5.41) is 17.6. The van der Waals surface area contributed by atoms with E-state index in [2.05, 4.69) is 0 Å². The van der Waals surface area contributed by atoms with Crippen molar-refractivity contribution in [3.63, 3.8) is 0 Å². The van der Waals surface area contributed by atoms with Gasteiger partial charge in [-0.1, -0.05) is 18.2 Å². The first-order valence-corrected chi connectivity index (χ1v) is 4.89. The number of carboxylic acids is 1. The fourth-order valence-electron chi connectivity index (χ4n) is 1.41. The van der Waals surface area contributed by atoms with E-state index in [0.717, 1.165) is 16.7 Å². The maximum absolute atomic E-state index is 10.8. The third-order valence-corrected chi connectivity index (χ3v) is 2.64. The molecule has 3 heteroatoms. The van der Waals surface area contributed by atoms with Gasteiger partial charge in [-0.25, -0.2) is 4.79 Å². The van der Waals surface area contributed by atoms with E-state index in [1.807, 2.05) is 32.0 Å². The third-order valence-electron chi connectivity index (χ3n) is 2.64. The number of aryl methyl sites for hydroxylation is 2. The molecule has 1 aromatic rings. The molecule has 82 valence electrons. The van der Waals surface area contributed by atoms with Gasteiger partial charge in [0.25, 0.3) is 0 Å². The van der Waals surface area contributed by atoms with Crippen molar-refractivity contribution in [1.29, 1.82) is 5.26 Å². The largest absolute Gasteiger partial charge is 0.477 e. The van der Waals surface area contributed by atoms with Gasteiger partial charge in [-0.05, 0) is 43.0 Å². The number of nitrogens with zero attached hydrogens (tertiary/aromatic N) is 1. The fraction of sp³-hybridized carbons (Fsp3) is 0.231. The Morgan fingerprint density at radius 3 is 2.38 bits per heavy atom. The van der Waals surface area contributed by atoms with Crippen LogP contribution in [0.2, 0.25) is 0 Å². The molecule has 1 N–H and O–H groups in total. The number of hydrogen-bond donors (Lipinski definition) is 1. The first-order chi connectivity index (χ1) is 7.47. The van der Waals surface area contributed by atoms with Crippen LogP contribution in [0.1, 0.15) is 23.6 Å². The highest BCUT2D eigenvalue weighted by Gasteiger charge is 2.12. The lowest BCUT2D eigenvalue weighted by molar-refractivity contribution is -0.132. The van der Waals surface area contributed by atoms with Crippen LogP contribution in [0.15, 0.2) is 23.8 Å². The zero-order valence-corrected chi connectivity index (χ0v) is 9.53. The quantitative estimate of drug-likeness (QED) is 0.609. The van der Waals surface area contributed by atoms with Crippen LogP contribution >= 0.6 is 0 Å². The maximum Gasteiger partial charge on any atom is 0.346 e. The lowest BCUT2D eigenvalue weighted by Gasteiger charge is -2.06. The van der Waals surface area contributed by atoms with E-state index in [1.54, 1.807) is 13.0 Å². The molecule has 0 unspecified atom stereocenters. The SMILES string of the molecule is C/C(=C(/C#N)C(=O)O)c1ccc(C)c(C)c1. The summed E-state index contributed by atoms with van der Waals surface area (Å²) in [6, 6.07) is 7.36. The van der Waals surface area contributed by atoms with Gasteiger partial charge in [0.1, 0.15) is 11.6 Å². The first kappa shape index (κ1) is 12.0. The van der Waals surface area contributed by atoms with Gasteiger partial charge in [0.15, 0.2) is 0 Å². The molecule has 1 aromatic carbocycles. The summed E-state index contributed by atoms with van der Waals surface area (Å²) in [6.07, 6.45) is 0. The highest BCUT2D eigenvalue weighted by atomic mass is 16.4. The molecule has 0 bridgehead atoms. The number of hydrogen-bond acceptors (Lipinski definition) is 2. The van der Waals surface area contributed by atoms with Crippen LogP contribution in [-0.2, 0) is 4.79 Å². The van der Waals surface area contributed by atoms with E-state index in [4.69, 9.17) is 10.4 Å².